The molecule has 4 aliphatic carbocycles. The van der Waals surface area contributed by atoms with Crippen LogP contribution < -0.4 is 5.32 Å². The molecule has 1 nitrogen and oxygen atoms in total. The highest BCUT2D eigenvalue weighted by molar-refractivity contribution is 5.16. The Morgan fingerprint density at radius 1 is 0.900 bits per heavy atom. The number of nitrogens with one attached hydrogen (secondary N) is 1. The van der Waals surface area contributed by atoms with Crippen molar-refractivity contribution in [1.29, 1.82) is 0 Å². The third-order valence-corrected chi connectivity index (χ3v) is 7.25. The molecule has 0 radical (unpaired) electrons. The van der Waals surface area contributed by atoms with Gasteiger partial charge in [0.15, 0.2) is 0 Å². The van der Waals surface area contributed by atoms with Gasteiger partial charge in [-0.1, -0.05) is 32.6 Å². The average molecular weight is 275 g/mol. The lowest BCUT2D eigenvalue weighted by atomic mass is 9.84. The molecular formula is C19H33N. The predicted octanol–water partition coefficient (Wildman–Crippen LogP) is 4.62. The maximum absolute atomic E-state index is 4.03. The minimum absolute atomic E-state index is 0.895. The van der Waals surface area contributed by atoms with Crippen LogP contribution in [0.3, 0.4) is 0 Å². The SMILES string of the molecule is CCCNC(C1CCCCCC1)C1C2C3CCC(C3)C21. The highest BCUT2D eigenvalue weighted by Crippen LogP contribution is 2.71. The Bertz CT molecular complexity index is 315. The van der Waals surface area contributed by atoms with Crippen molar-refractivity contribution in [2.45, 2.75) is 77.2 Å². The van der Waals surface area contributed by atoms with Gasteiger partial charge >= 0.3 is 0 Å². The van der Waals surface area contributed by atoms with E-state index in [-0.39, 0.29) is 0 Å². The van der Waals surface area contributed by atoms with Crippen molar-refractivity contribution in [2.24, 2.45) is 35.5 Å². The predicted molar refractivity (Wildman–Crippen MR) is 84.6 cm³/mol. The van der Waals surface area contributed by atoms with E-state index in [0.717, 1.165) is 41.5 Å². The second-order valence-corrected chi connectivity index (χ2v) is 8.30. The third-order valence-electron chi connectivity index (χ3n) is 7.25. The van der Waals surface area contributed by atoms with Crippen molar-refractivity contribution in [3.05, 3.63) is 0 Å². The second-order valence-electron chi connectivity index (χ2n) is 8.30. The molecule has 5 unspecified atom stereocenters. The molecule has 1 heteroatoms. The molecule has 0 aromatic rings. The molecule has 0 saturated heterocycles. The van der Waals surface area contributed by atoms with E-state index in [4.69, 9.17) is 0 Å². The smallest absolute Gasteiger partial charge is 0.0129 e. The van der Waals surface area contributed by atoms with Crippen LogP contribution in [0.1, 0.15) is 71.1 Å². The van der Waals surface area contributed by atoms with Gasteiger partial charge < -0.3 is 5.32 Å². The molecule has 1 N–H and O–H groups in total. The van der Waals surface area contributed by atoms with E-state index in [1.807, 2.05) is 0 Å². The summed E-state index contributed by atoms with van der Waals surface area (Å²) in [6.07, 6.45) is 15.1. The Hall–Kier alpha value is -0.0400. The fourth-order valence-electron chi connectivity index (χ4n) is 6.47. The molecule has 5 atom stereocenters. The topological polar surface area (TPSA) is 12.0 Å². The Kier molecular flexibility index (Phi) is 3.83. The summed E-state index contributed by atoms with van der Waals surface area (Å²) in [4.78, 5) is 0. The van der Waals surface area contributed by atoms with E-state index in [9.17, 15) is 0 Å². The standard InChI is InChI=1S/C19H33N/c1-2-11-20-19(13-7-5-3-4-6-8-13)18-16-14-9-10-15(12-14)17(16)18/h13-20H,2-12H2,1H3. The molecule has 0 heterocycles. The molecule has 4 rings (SSSR count). The van der Waals surface area contributed by atoms with Crippen LogP contribution in [-0.2, 0) is 0 Å². The van der Waals surface area contributed by atoms with Crippen LogP contribution in [0.5, 0.6) is 0 Å². The van der Waals surface area contributed by atoms with Crippen LogP contribution >= 0.6 is 0 Å². The molecule has 0 amide bonds. The lowest BCUT2D eigenvalue weighted by Crippen LogP contribution is -2.40. The van der Waals surface area contributed by atoms with Gasteiger partial charge in [-0.15, -0.1) is 0 Å². The summed E-state index contributed by atoms with van der Waals surface area (Å²) < 4.78 is 0. The molecule has 0 spiro atoms. The first kappa shape index (κ1) is 13.6. The van der Waals surface area contributed by atoms with Crippen LogP contribution in [-0.4, -0.2) is 12.6 Å². The summed E-state index contributed by atoms with van der Waals surface area (Å²) in [6, 6.07) is 0.895. The highest BCUT2D eigenvalue weighted by atomic mass is 15.0. The van der Waals surface area contributed by atoms with Gasteiger partial charge in [0, 0.05) is 6.04 Å². The fourth-order valence-corrected chi connectivity index (χ4v) is 6.47. The van der Waals surface area contributed by atoms with Crippen LogP contribution in [0.4, 0.5) is 0 Å². The fraction of sp³-hybridized carbons (Fsp3) is 1.00. The van der Waals surface area contributed by atoms with Crippen LogP contribution in [0.25, 0.3) is 0 Å². The molecule has 0 aliphatic heterocycles. The monoisotopic (exact) mass is 275 g/mol. The van der Waals surface area contributed by atoms with Crippen molar-refractivity contribution < 1.29 is 0 Å². The largest absolute Gasteiger partial charge is 0.313 e. The zero-order chi connectivity index (χ0) is 13.5. The summed E-state index contributed by atoms with van der Waals surface area (Å²) in [7, 11) is 0. The Morgan fingerprint density at radius 3 is 2.15 bits per heavy atom. The number of rotatable bonds is 5. The van der Waals surface area contributed by atoms with E-state index < -0.39 is 0 Å². The molecule has 0 aromatic carbocycles. The van der Waals surface area contributed by atoms with Crippen LogP contribution in [0.2, 0.25) is 0 Å². The number of fused-ring (bicyclic) bond motifs is 5. The van der Waals surface area contributed by atoms with Gasteiger partial charge in [0.25, 0.3) is 0 Å². The van der Waals surface area contributed by atoms with Crippen molar-refractivity contribution >= 4 is 0 Å². The van der Waals surface area contributed by atoms with Crippen molar-refractivity contribution in [2.75, 3.05) is 6.54 Å². The van der Waals surface area contributed by atoms with Crippen molar-refractivity contribution in [3.8, 4) is 0 Å². The van der Waals surface area contributed by atoms with Gasteiger partial charge in [0.2, 0.25) is 0 Å². The normalized spacial score (nSPS) is 45.1. The molecule has 2 bridgehead atoms. The highest BCUT2D eigenvalue weighted by Gasteiger charge is 2.67. The Balaban J connectivity index is 1.45. The van der Waals surface area contributed by atoms with Gasteiger partial charge in [-0.25, -0.2) is 0 Å². The van der Waals surface area contributed by atoms with E-state index >= 15 is 0 Å². The van der Waals surface area contributed by atoms with Gasteiger partial charge in [-0.2, -0.15) is 0 Å². The molecule has 4 aliphatic rings. The lowest BCUT2D eigenvalue weighted by molar-refractivity contribution is 0.254. The van der Waals surface area contributed by atoms with Crippen molar-refractivity contribution in [1.82, 2.24) is 5.32 Å². The summed E-state index contributed by atoms with van der Waals surface area (Å²) in [5, 5.41) is 4.03. The van der Waals surface area contributed by atoms with Gasteiger partial charge in [0.05, 0.1) is 0 Å². The first-order valence-corrected chi connectivity index (χ1v) is 9.63. The lowest BCUT2D eigenvalue weighted by Gasteiger charge is -2.30. The van der Waals surface area contributed by atoms with Gasteiger partial charge in [0.1, 0.15) is 0 Å². The van der Waals surface area contributed by atoms with E-state index in [0.29, 0.717) is 0 Å². The molecule has 0 aromatic heterocycles. The number of hydrogen-bond acceptors (Lipinski definition) is 1. The van der Waals surface area contributed by atoms with Gasteiger partial charge in [-0.3, -0.25) is 0 Å². The average Bonchev–Trinajstić information content (AvgIpc) is 3.02. The maximum atomic E-state index is 4.03. The Morgan fingerprint density at radius 2 is 1.55 bits per heavy atom. The quantitative estimate of drug-likeness (QED) is 0.722. The summed E-state index contributed by atoms with van der Waals surface area (Å²) in [5.41, 5.74) is 0. The number of hydrogen-bond donors (Lipinski definition) is 1. The van der Waals surface area contributed by atoms with Crippen LogP contribution in [0, 0.1) is 35.5 Å². The molecule has 4 fully saturated rings. The van der Waals surface area contributed by atoms with Gasteiger partial charge in [-0.05, 0) is 80.6 Å². The summed E-state index contributed by atoms with van der Waals surface area (Å²) >= 11 is 0. The van der Waals surface area contributed by atoms with Crippen LogP contribution in [0.15, 0.2) is 0 Å². The zero-order valence-electron chi connectivity index (χ0n) is 13.3. The molecule has 114 valence electrons. The Labute approximate surface area is 125 Å². The molecular weight excluding hydrogens is 242 g/mol. The molecule has 20 heavy (non-hydrogen) atoms. The second kappa shape index (κ2) is 5.63. The first-order chi connectivity index (χ1) is 9.90. The summed E-state index contributed by atoms with van der Waals surface area (Å²) in [6.45, 7) is 3.58. The minimum atomic E-state index is 0.895. The van der Waals surface area contributed by atoms with E-state index in [1.165, 1.54) is 51.5 Å². The maximum Gasteiger partial charge on any atom is 0.0129 e. The van der Waals surface area contributed by atoms with Crippen molar-refractivity contribution in [3.63, 3.8) is 0 Å². The van der Waals surface area contributed by atoms with E-state index in [1.54, 1.807) is 19.3 Å². The minimum Gasteiger partial charge on any atom is -0.313 e. The molecule has 4 saturated carbocycles. The zero-order valence-corrected chi connectivity index (χ0v) is 13.3. The summed E-state index contributed by atoms with van der Waals surface area (Å²) in [5.74, 6) is 6.71. The van der Waals surface area contributed by atoms with E-state index in [2.05, 4.69) is 12.2 Å². The third kappa shape index (κ3) is 2.25. The first-order valence-electron chi connectivity index (χ1n) is 9.63.